The maximum absolute atomic E-state index is 13.3. The molecule has 14 heavy (non-hydrogen) atoms. The van der Waals surface area contributed by atoms with Crippen molar-refractivity contribution in [1.82, 2.24) is 9.78 Å². The van der Waals surface area contributed by atoms with Crippen LogP contribution in [0.1, 0.15) is 0 Å². The molecular weight excluding hydrogens is 189 g/mol. The summed E-state index contributed by atoms with van der Waals surface area (Å²) >= 11 is 0. The molecule has 0 spiro atoms. The van der Waals surface area contributed by atoms with Crippen LogP contribution in [0.4, 0.5) is 10.2 Å². The summed E-state index contributed by atoms with van der Waals surface area (Å²) in [5.74, 6) is -1.07. The first-order chi connectivity index (χ1) is 6.61. The van der Waals surface area contributed by atoms with Gasteiger partial charge >= 0.3 is 5.82 Å². The molecule has 1 aromatic heterocycles. The van der Waals surface area contributed by atoms with Crippen molar-refractivity contribution in [2.45, 2.75) is 0 Å². The van der Waals surface area contributed by atoms with Gasteiger partial charge in [-0.2, -0.15) is 4.68 Å². The summed E-state index contributed by atoms with van der Waals surface area (Å²) in [5.41, 5.74) is 0.414. The molecule has 0 bridgehead atoms. The van der Waals surface area contributed by atoms with E-state index in [1.54, 1.807) is 6.07 Å². The lowest BCUT2D eigenvalue weighted by Gasteiger charge is -1.91. The molecule has 1 heterocycles. The molecule has 1 aromatic carbocycles. The fourth-order valence-electron chi connectivity index (χ4n) is 1.38. The number of hydrogen-bond acceptors (Lipinski definition) is 3. The van der Waals surface area contributed by atoms with Crippen molar-refractivity contribution in [2.75, 3.05) is 0 Å². The topological polar surface area (TPSA) is 61.0 Å². The molecule has 0 radical (unpaired) electrons. The monoisotopic (exact) mass is 195 g/mol. The highest BCUT2D eigenvalue weighted by molar-refractivity contribution is 5.87. The number of hydrogen-bond donors (Lipinski definition) is 0. The molecule has 0 saturated heterocycles. The number of halogens is 1. The Kier molecular flexibility index (Phi) is 1.70. The average Bonchev–Trinajstić information content (AvgIpc) is 2.46. The summed E-state index contributed by atoms with van der Waals surface area (Å²) in [5, 5.41) is 14.1. The second-order valence-electron chi connectivity index (χ2n) is 2.84. The first-order valence-corrected chi connectivity index (χ1v) is 3.87. The molecule has 0 unspecified atom stereocenters. The SMILES string of the molecule is Cn1nc([N+](=O)[O-])c2c(F)cccc21. The van der Waals surface area contributed by atoms with Crippen molar-refractivity contribution in [1.29, 1.82) is 0 Å². The van der Waals surface area contributed by atoms with Gasteiger partial charge in [0.15, 0.2) is 0 Å². The van der Waals surface area contributed by atoms with Crippen LogP contribution >= 0.6 is 0 Å². The van der Waals surface area contributed by atoms with E-state index in [0.29, 0.717) is 5.52 Å². The molecule has 0 aliphatic heterocycles. The quantitative estimate of drug-likeness (QED) is 0.513. The van der Waals surface area contributed by atoms with Gasteiger partial charge < -0.3 is 10.1 Å². The van der Waals surface area contributed by atoms with Crippen LogP contribution in [0.5, 0.6) is 0 Å². The van der Waals surface area contributed by atoms with Crippen molar-refractivity contribution in [2.24, 2.45) is 7.05 Å². The van der Waals surface area contributed by atoms with E-state index in [1.165, 1.54) is 23.9 Å². The second kappa shape index (κ2) is 2.76. The zero-order chi connectivity index (χ0) is 10.3. The number of nitrogens with zero attached hydrogens (tertiary/aromatic N) is 3. The number of rotatable bonds is 1. The summed E-state index contributed by atoms with van der Waals surface area (Å²) in [4.78, 5) is 9.85. The van der Waals surface area contributed by atoms with Crippen LogP contribution < -0.4 is 0 Å². The third-order valence-electron chi connectivity index (χ3n) is 1.98. The third kappa shape index (κ3) is 1.04. The van der Waals surface area contributed by atoms with Crippen molar-refractivity contribution in [3.8, 4) is 0 Å². The van der Waals surface area contributed by atoms with Crippen LogP contribution in [0.3, 0.4) is 0 Å². The second-order valence-corrected chi connectivity index (χ2v) is 2.84. The first kappa shape index (κ1) is 8.61. The van der Waals surface area contributed by atoms with Crippen LogP contribution in [0.15, 0.2) is 18.2 Å². The molecule has 0 aliphatic carbocycles. The first-order valence-electron chi connectivity index (χ1n) is 3.87. The number of benzene rings is 1. The van der Waals surface area contributed by atoms with E-state index >= 15 is 0 Å². The van der Waals surface area contributed by atoms with Gasteiger partial charge in [0, 0.05) is 0 Å². The van der Waals surface area contributed by atoms with Crippen molar-refractivity contribution in [3.05, 3.63) is 34.1 Å². The Balaban J connectivity index is 2.93. The minimum absolute atomic E-state index is 0.0417. The zero-order valence-electron chi connectivity index (χ0n) is 7.27. The zero-order valence-corrected chi connectivity index (χ0v) is 7.27. The molecule has 72 valence electrons. The van der Waals surface area contributed by atoms with Gasteiger partial charge in [0.25, 0.3) is 0 Å². The van der Waals surface area contributed by atoms with Crippen molar-refractivity contribution >= 4 is 16.7 Å². The summed E-state index contributed by atoms with van der Waals surface area (Å²) in [6, 6.07) is 4.25. The van der Waals surface area contributed by atoms with Crippen LogP contribution in [0, 0.1) is 15.9 Å². The summed E-state index contributed by atoms with van der Waals surface area (Å²) in [6.07, 6.45) is 0. The van der Waals surface area contributed by atoms with E-state index in [2.05, 4.69) is 5.10 Å². The van der Waals surface area contributed by atoms with Gasteiger partial charge in [0.05, 0.1) is 12.1 Å². The lowest BCUT2D eigenvalue weighted by Crippen LogP contribution is -1.92. The minimum atomic E-state index is -0.689. The molecule has 0 fully saturated rings. The largest absolute Gasteiger partial charge is 0.400 e. The Morgan fingerprint density at radius 3 is 2.93 bits per heavy atom. The van der Waals surface area contributed by atoms with E-state index in [0.717, 1.165) is 0 Å². The summed E-state index contributed by atoms with van der Waals surface area (Å²) in [7, 11) is 1.54. The number of aryl methyl sites for hydroxylation is 1. The highest BCUT2D eigenvalue weighted by Gasteiger charge is 2.22. The maximum atomic E-state index is 13.3. The molecule has 6 heteroatoms. The smallest absolute Gasteiger partial charge is 0.358 e. The van der Waals surface area contributed by atoms with Gasteiger partial charge in [0.2, 0.25) is 0 Å². The van der Waals surface area contributed by atoms with E-state index in [4.69, 9.17) is 0 Å². The van der Waals surface area contributed by atoms with Gasteiger partial charge in [-0.25, -0.2) is 4.39 Å². The van der Waals surface area contributed by atoms with E-state index in [-0.39, 0.29) is 5.39 Å². The van der Waals surface area contributed by atoms with Gasteiger partial charge in [-0.3, -0.25) is 0 Å². The van der Waals surface area contributed by atoms with Crippen LogP contribution in [-0.4, -0.2) is 14.7 Å². The van der Waals surface area contributed by atoms with Gasteiger partial charge in [-0.05, 0) is 17.1 Å². The Bertz CT molecular complexity index is 521. The predicted octanol–water partition coefficient (Wildman–Crippen LogP) is 1.62. The van der Waals surface area contributed by atoms with E-state index in [1.807, 2.05) is 0 Å². The lowest BCUT2D eigenvalue weighted by atomic mass is 10.2. The van der Waals surface area contributed by atoms with Crippen molar-refractivity contribution < 1.29 is 9.31 Å². The Labute approximate surface area is 77.9 Å². The molecule has 5 nitrogen and oxygen atoms in total. The lowest BCUT2D eigenvalue weighted by molar-refractivity contribution is -0.388. The molecule has 0 amide bonds. The van der Waals surface area contributed by atoms with Crippen molar-refractivity contribution in [3.63, 3.8) is 0 Å². The summed E-state index contributed by atoms with van der Waals surface area (Å²) in [6.45, 7) is 0. The molecule has 0 atom stereocenters. The van der Waals surface area contributed by atoms with Crippen LogP contribution in [0.25, 0.3) is 10.9 Å². The minimum Gasteiger partial charge on any atom is -0.358 e. The molecule has 0 saturated carbocycles. The Hall–Kier alpha value is -1.98. The Morgan fingerprint density at radius 1 is 1.57 bits per heavy atom. The Morgan fingerprint density at radius 2 is 2.29 bits per heavy atom. The van der Waals surface area contributed by atoms with Crippen LogP contribution in [0.2, 0.25) is 0 Å². The van der Waals surface area contributed by atoms with Gasteiger partial charge in [0.1, 0.15) is 16.7 Å². The van der Waals surface area contributed by atoms with Crippen LogP contribution in [-0.2, 0) is 7.05 Å². The fourth-order valence-corrected chi connectivity index (χ4v) is 1.38. The number of aromatic nitrogens is 2. The fraction of sp³-hybridized carbons (Fsp3) is 0.125. The predicted molar refractivity (Wildman–Crippen MR) is 47.3 cm³/mol. The number of nitro groups is 1. The number of fused-ring (bicyclic) bond motifs is 1. The van der Waals surface area contributed by atoms with Gasteiger partial charge in [-0.15, -0.1) is 0 Å². The molecule has 2 aromatic rings. The normalized spacial score (nSPS) is 10.7. The molecule has 0 N–H and O–H groups in total. The highest BCUT2D eigenvalue weighted by Crippen LogP contribution is 2.26. The molecule has 0 aliphatic rings. The van der Waals surface area contributed by atoms with E-state index < -0.39 is 16.6 Å². The maximum Gasteiger partial charge on any atom is 0.400 e. The third-order valence-corrected chi connectivity index (χ3v) is 1.98. The average molecular weight is 195 g/mol. The van der Waals surface area contributed by atoms with E-state index in [9.17, 15) is 14.5 Å². The van der Waals surface area contributed by atoms with Gasteiger partial charge in [-0.1, -0.05) is 6.07 Å². The molecule has 2 rings (SSSR count). The highest BCUT2D eigenvalue weighted by atomic mass is 19.1. The summed E-state index contributed by atoms with van der Waals surface area (Å²) < 4.78 is 14.6. The standard InChI is InChI=1S/C8H6FN3O2/c1-11-6-4-2-3-5(9)7(6)8(10-11)12(13)14/h2-4H,1H3. The molecular formula is C8H6FN3O2.